The number of amides is 1. The minimum Gasteiger partial charge on any atom is -0.330 e. The molecular weight excluding hydrogens is 240 g/mol. The second kappa shape index (κ2) is 5.65. The highest BCUT2D eigenvalue weighted by atomic mass is 16.2. The molecule has 104 valence electrons. The molecule has 1 fully saturated rings. The van der Waals surface area contributed by atoms with Gasteiger partial charge in [-0.05, 0) is 25.7 Å². The van der Waals surface area contributed by atoms with Gasteiger partial charge in [-0.2, -0.15) is 0 Å². The second-order valence-corrected chi connectivity index (χ2v) is 5.55. The van der Waals surface area contributed by atoms with Crippen molar-refractivity contribution < 1.29 is 4.79 Å². The van der Waals surface area contributed by atoms with E-state index in [9.17, 15) is 4.79 Å². The van der Waals surface area contributed by atoms with Crippen LogP contribution in [-0.4, -0.2) is 32.9 Å². The Labute approximate surface area is 114 Å². The smallest absolute Gasteiger partial charge is 0.240 e. The van der Waals surface area contributed by atoms with Gasteiger partial charge in [-0.25, -0.2) is 0 Å². The third-order valence-corrected chi connectivity index (χ3v) is 3.63. The Kier molecular flexibility index (Phi) is 4.14. The Bertz CT molecular complexity index is 430. The predicted octanol–water partition coefficient (Wildman–Crippen LogP) is 1.51. The summed E-state index contributed by atoms with van der Waals surface area (Å²) in [6.07, 6.45) is 7.12. The van der Waals surface area contributed by atoms with Crippen molar-refractivity contribution in [2.45, 2.75) is 51.7 Å². The van der Waals surface area contributed by atoms with Gasteiger partial charge in [-0.1, -0.05) is 13.8 Å². The number of nitrogens with zero attached hydrogens (tertiary/aromatic N) is 3. The second-order valence-electron chi connectivity index (χ2n) is 5.55. The molecule has 19 heavy (non-hydrogen) atoms. The molecular formula is C14H22N4O. The lowest BCUT2D eigenvalue weighted by Crippen LogP contribution is -2.48. The van der Waals surface area contributed by atoms with Gasteiger partial charge in [0.15, 0.2) is 0 Å². The van der Waals surface area contributed by atoms with E-state index in [0.717, 1.165) is 18.5 Å². The van der Waals surface area contributed by atoms with Gasteiger partial charge in [0.05, 0.1) is 24.0 Å². The molecule has 1 amide bonds. The summed E-state index contributed by atoms with van der Waals surface area (Å²) in [4.78, 5) is 22.8. The molecule has 1 heterocycles. The molecule has 1 aromatic heterocycles. The highest BCUT2D eigenvalue weighted by Gasteiger charge is 2.39. The van der Waals surface area contributed by atoms with Crippen LogP contribution in [0.2, 0.25) is 0 Å². The van der Waals surface area contributed by atoms with E-state index in [-0.39, 0.29) is 17.9 Å². The van der Waals surface area contributed by atoms with Crippen molar-refractivity contribution in [2.24, 2.45) is 11.7 Å². The van der Waals surface area contributed by atoms with Crippen LogP contribution in [0.3, 0.4) is 0 Å². The molecule has 0 bridgehead atoms. The first-order valence-corrected chi connectivity index (χ1v) is 6.86. The maximum atomic E-state index is 12.5. The number of rotatable bonds is 5. The van der Waals surface area contributed by atoms with E-state index >= 15 is 0 Å². The predicted molar refractivity (Wildman–Crippen MR) is 73.1 cm³/mol. The summed E-state index contributed by atoms with van der Waals surface area (Å²) in [5.74, 6) is 0.165. The maximum Gasteiger partial charge on any atom is 0.240 e. The van der Waals surface area contributed by atoms with E-state index in [0.29, 0.717) is 6.04 Å². The molecule has 2 rings (SSSR count). The lowest BCUT2D eigenvalue weighted by atomic mass is 10.0. The highest BCUT2D eigenvalue weighted by Crippen LogP contribution is 2.34. The van der Waals surface area contributed by atoms with Gasteiger partial charge in [-0.3, -0.25) is 14.8 Å². The van der Waals surface area contributed by atoms with E-state index in [1.165, 1.54) is 0 Å². The van der Waals surface area contributed by atoms with Gasteiger partial charge in [0.1, 0.15) is 0 Å². The molecule has 2 atom stereocenters. The first-order chi connectivity index (χ1) is 9.02. The normalized spacial score (nSPS) is 18.2. The lowest BCUT2D eigenvalue weighted by Gasteiger charge is -2.32. The van der Waals surface area contributed by atoms with Gasteiger partial charge in [0, 0.05) is 18.4 Å². The summed E-state index contributed by atoms with van der Waals surface area (Å²) in [7, 11) is 0. The lowest BCUT2D eigenvalue weighted by molar-refractivity contribution is -0.136. The largest absolute Gasteiger partial charge is 0.330 e. The van der Waals surface area contributed by atoms with Crippen LogP contribution in [-0.2, 0) is 4.79 Å². The Hall–Kier alpha value is -1.49. The van der Waals surface area contributed by atoms with Gasteiger partial charge in [-0.15, -0.1) is 0 Å². The standard InChI is InChI=1S/C14H22N4O/c1-9(2)13(15)14(19)18(11-4-5-11)10(3)12-8-16-6-7-17-12/h6-11,13H,4-5,15H2,1-3H3/t10-,13+/m1/s1. The van der Waals surface area contributed by atoms with Crippen LogP contribution < -0.4 is 5.73 Å². The topological polar surface area (TPSA) is 72.1 Å². The van der Waals surface area contributed by atoms with Crippen LogP contribution in [0, 0.1) is 5.92 Å². The Morgan fingerprint density at radius 3 is 2.53 bits per heavy atom. The van der Waals surface area contributed by atoms with Crippen molar-refractivity contribution in [3.8, 4) is 0 Å². The van der Waals surface area contributed by atoms with Crippen molar-refractivity contribution in [1.82, 2.24) is 14.9 Å². The molecule has 0 saturated heterocycles. The Morgan fingerprint density at radius 1 is 1.37 bits per heavy atom. The SMILES string of the molecule is CC(C)[C@H](N)C(=O)N(C1CC1)[C@H](C)c1cnccn1. The molecule has 1 aliphatic rings. The fourth-order valence-corrected chi connectivity index (χ4v) is 2.17. The third-order valence-electron chi connectivity index (χ3n) is 3.63. The van der Waals surface area contributed by atoms with Crippen LogP contribution in [0.25, 0.3) is 0 Å². The molecule has 1 aromatic rings. The van der Waals surface area contributed by atoms with Crippen LogP contribution in [0.1, 0.15) is 45.3 Å². The molecule has 2 N–H and O–H groups in total. The zero-order chi connectivity index (χ0) is 14.0. The van der Waals surface area contributed by atoms with Crippen molar-refractivity contribution in [2.75, 3.05) is 0 Å². The van der Waals surface area contributed by atoms with E-state index in [1.54, 1.807) is 18.6 Å². The number of carbonyl (C=O) groups excluding carboxylic acids is 1. The quantitative estimate of drug-likeness (QED) is 0.873. The molecule has 0 unspecified atom stereocenters. The maximum absolute atomic E-state index is 12.5. The van der Waals surface area contributed by atoms with E-state index in [1.807, 2.05) is 25.7 Å². The van der Waals surface area contributed by atoms with Crippen LogP contribution in [0.15, 0.2) is 18.6 Å². The van der Waals surface area contributed by atoms with Gasteiger partial charge in [0.25, 0.3) is 0 Å². The average Bonchev–Trinajstić information content (AvgIpc) is 3.23. The number of hydrogen-bond donors (Lipinski definition) is 1. The van der Waals surface area contributed by atoms with Crippen LogP contribution in [0.4, 0.5) is 0 Å². The zero-order valence-corrected chi connectivity index (χ0v) is 11.8. The number of aromatic nitrogens is 2. The molecule has 0 spiro atoms. The van der Waals surface area contributed by atoms with E-state index in [2.05, 4.69) is 9.97 Å². The summed E-state index contributed by atoms with van der Waals surface area (Å²) in [6.45, 7) is 5.94. The third kappa shape index (κ3) is 3.10. The summed E-state index contributed by atoms with van der Waals surface area (Å²) in [6, 6.07) is -0.201. The summed E-state index contributed by atoms with van der Waals surface area (Å²) in [5, 5.41) is 0. The molecule has 5 heteroatoms. The summed E-state index contributed by atoms with van der Waals surface area (Å²) in [5.41, 5.74) is 6.83. The molecule has 0 radical (unpaired) electrons. The monoisotopic (exact) mass is 262 g/mol. The summed E-state index contributed by atoms with van der Waals surface area (Å²) < 4.78 is 0. The van der Waals surface area contributed by atoms with Crippen molar-refractivity contribution >= 4 is 5.91 Å². The van der Waals surface area contributed by atoms with Gasteiger partial charge < -0.3 is 10.6 Å². The van der Waals surface area contributed by atoms with Crippen LogP contribution >= 0.6 is 0 Å². The molecule has 1 saturated carbocycles. The number of hydrogen-bond acceptors (Lipinski definition) is 4. The van der Waals surface area contributed by atoms with E-state index in [4.69, 9.17) is 5.73 Å². The van der Waals surface area contributed by atoms with Crippen molar-refractivity contribution in [1.29, 1.82) is 0 Å². The molecule has 5 nitrogen and oxygen atoms in total. The minimum atomic E-state index is -0.445. The van der Waals surface area contributed by atoms with Gasteiger partial charge >= 0.3 is 0 Å². The van der Waals surface area contributed by atoms with Gasteiger partial charge in [0.2, 0.25) is 5.91 Å². The fraction of sp³-hybridized carbons (Fsp3) is 0.643. The Morgan fingerprint density at radius 2 is 2.05 bits per heavy atom. The fourth-order valence-electron chi connectivity index (χ4n) is 2.17. The highest BCUT2D eigenvalue weighted by molar-refractivity contribution is 5.82. The first kappa shape index (κ1) is 13.9. The minimum absolute atomic E-state index is 0.0238. The first-order valence-electron chi connectivity index (χ1n) is 6.86. The number of carbonyl (C=O) groups is 1. The van der Waals surface area contributed by atoms with E-state index < -0.39 is 6.04 Å². The molecule has 0 aliphatic heterocycles. The zero-order valence-electron chi connectivity index (χ0n) is 11.8. The Balaban J connectivity index is 2.19. The average molecular weight is 262 g/mol. The van der Waals surface area contributed by atoms with Crippen LogP contribution in [0.5, 0.6) is 0 Å². The summed E-state index contributed by atoms with van der Waals surface area (Å²) >= 11 is 0. The molecule has 0 aromatic carbocycles. The number of nitrogens with two attached hydrogens (primary N) is 1. The molecule has 1 aliphatic carbocycles. The van der Waals surface area contributed by atoms with Crippen molar-refractivity contribution in [3.05, 3.63) is 24.3 Å². The van der Waals surface area contributed by atoms with Crippen molar-refractivity contribution in [3.63, 3.8) is 0 Å².